The van der Waals surface area contributed by atoms with E-state index in [2.05, 4.69) is 29.4 Å². The van der Waals surface area contributed by atoms with Gasteiger partial charge < -0.3 is 24.1 Å². The molecule has 1 saturated carbocycles. The number of esters is 3. The van der Waals surface area contributed by atoms with Crippen LogP contribution in [0.5, 0.6) is 0 Å². The largest absolute Gasteiger partial charge is 0.460 e. The lowest BCUT2D eigenvalue weighted by molar-refractivity contribution is -0.175. The summed E-state index contributed by atoms with van der Waals surface area (Å²) in [5.74, 6) is -0.513. The van der Waals surface area contributed by atoms with Gasteiger partial charge in [0.15, 0.2) is 6.10 Å². The van der Waals surface area contributed by atoms with Crippen molar-refractivity contribution < 1.29 is 38.4 Å². The lowest BCUT2D eigenvalue weighted by atomic mass is 9.77. The lowest BCUT2D eigenvalue weighted by Gasteiger charge is -2.41. The summed E-state index contributed by atoms with van der Waals surface area (Å²) >= 11 is 3.51. The molecule has 1 fully saturated rings. The van der Waals surface area contributed by atoms with E-state index in [1.165, 1.54) is 13.8 Å². The predicted octanol–water partition coefficient (Wildman–Crippen LogP) is 2.40. The number of hydrogen-bond donors (Lipinski definition) is 1. The Bertz CT molecular complexity index is 551. The highest BCUT2D eigenvalue weighted by atomic mass is 79.9. The lowest BCUT2D eigenvalue weighted by Crippen LogP contribution is -2.50. The van der Waals surface area contributed by atoms with Crippen LogP contribution in [0.1, 0.15) is 41.0 Å². The molecule has 1 aliphatic carbocycles. The summed E-state index contributed by atoms with van der Waals surface area (Å²) in [7, 11) is 0. The molecule has 0 aromatic carbocycles. The van der Waals surface area contributed by atoms with E-state index in [-0.39, 0.29) is 48.6 Å². The number of hydrogen-bond acceptors (Lipinski definition) is 8. The maximum absolute atomic E-state index is 11.1. The topological polar surface area (TPSA) is 108 Å². The molecular formula is C20H33BrO8. The molecular weight excluding hydrogens is 448 g/mol. The Morgan fingerprint density at radius 1 is 1.00 bits per heavy atom. The highest BCUT2D eigenvalue weighted by molar-refractivity contribution is 9.09. The molecule has 5 atom stereocenters. The molecule has 0 aromatic heterocycles. The molecule has 1 N–H and O–H groups in total. The van der Waals surface area contributed by atoms with E-state index < -0.39 is 12.1 Å². The van der Waals surface area contributed by atoms with Crippen LogP contribution in [0.2, 0.25) is 0 Å². The van der Waals surface area contributed by atoms with Gasteiger partial charge in [-0.25, -0.2) is 4.79 Å². The van der Waals surface area contributed by atoms with Gasteiger partial charge in [0, 0.05) is 19.4 Å². The average Bonchev–Trinajstić information content (AvgIpc) is 2.62. The van der Waals surface area contributed by atoms with Crippen molar-refractivity contribution in [2.24, 2.45) is 11.8 Å². The first-order valence-corrected chi connectivity index (χ1v) is 10.4. The van der Waals surface area contributed by atoms with Crippen molar-refractivity contribution in [2.45, 2.75) is 58.1 Å². The van der Waals surface area contributed by atoms with Crippen molar-refractivity contribution >= 4 is 33.8 Å². The van der Waals surface area contributed by atoms with Crippen LogP contribution >= 0.6 is 15.9 Å². The first-order chi connectivity index (χ1) is 13.5. The number of carbonyl (C=O) groups excluding carboxylic acids is 3. The minimum Gasteiger partial charge on any atom is -0.460 e. The third-order valence-electron chi connectivity index (χ3n) is 4.34. The highest BCUT2D eigenvalue weighted by Crippen LogP contribution is 2.37. The number of rotatable bonds is 8. The summed E-state index contributed by atoms with van der Waals surface area (Å²) in [6.45, 7) is 12.6. The van der Waals surface area contributed by atoms with Gasteiger partial charge in [-0.2, -0.15) is 0 Å². The average molecular weight is 481 g/mol. The van der Waals surface area contributed by atoms with Gasteiger partial charge >= 0.3 is 17.9 Å². The summed E-state index contributed by atoms with van der Waals surface area (Å²) in [5, 5.41) is 8.32. The zero-order valence-corrected chi connectivity index (χ0v) is 19.4. The SMILES string of the molecule is C=C(C)C(=O)OCCOCCO.CC(=O)O[C@@H]1[C@@H](OC(C)=O)[C@@H](C)[C@@H](C)C[C@@H]1Br. The predicted molar refractivity (Wildman–Crippen MR) is 110 cm³/mol. The van der Waals surface area contributed by atoms with Crippen LogP contribution < -0.4 is 0 Å². The van der Waals surface area contributed by atoms with Crippen molar-refractivity contribution in [3.05, 3.63) is 12.2 Å². The molecule has 0 aromatic rings. The van der Waals surface area contributed by atoms with Crippen LogP contribution in [-0.4, -0.2) is 66.5 Å². The molecule has 29 heavy (non-hydrogen) atoms. The van der Waals surface area contributed by atoms with Crippen molar-refractivity contribution in [3.8, 4) is 0 Å². The molecule has 0 heterocycles. The van der Waals surface area contributed by atoms with E-state index in [9.17, 15) is 14.4 Å². The van der Waals surface area contributed by atoms with Gasteiger partial charge in [0.2, 0.25) is 0 Å². The van der Waals surface area contributed by atoms with Gasteiger partial charge in [-0.05, 0) is 25.2 Å². The van der Waals surface area contributed by atoms with E-state index in [0.717, 1.165) is 6.42 Å². The van der Waals surface area contributed by atoms with Crippen LogP contribution in [0, 0.1) is 11.8 Å². The summed E-state index contributed by atoms with van der Waals surface area (Å²) in [6.07, 6.45) is 0.129. The molecule has 0 bridgehead atoms. The summed E-state index contributed by atoms with van der Waals surface area (Å²) < 4.78 is 20.1. The highest BCUT2D eigenvalue weighted by Gasteiger charge is 2.44. The molecule has 1 aliphatic rings. The van der Waals surface area contributed by atoms with Gasteiger partial charge in [-0.3, -0.25) is 9.59 Å². The van der Waals surface area contributed by atoms with Gasteiger partial charge in [-0.1, -0.05) is 36.4 Å². The normalized spacial score (nSPS) is 25.8. The Morgan fingerprint density at radius 2 is 1.55 bits per heavy atom. The van der Waals surface area contributed by atoms with Crippen LogP contribution in [0.4, 0.5) is 0 Å². The molecule has 9 heteroatoms. The fourth-order valence-electron chi connectivity index (χ4n) is 2.71. The van der Waals surface area contributed by atoms with Gasteiger partial charge in [0.1, 0.15) is 12.7 Å². The molecule has 0 saturated heterocycles. The summed E-state index contributed by atoms with van der Waals surface area (Å²) in [4.78, 5) is 33.0. The standard InChI is InChI=1S/C12H19BrO4.C8H14O4/c1-6-5-10(13)12(17-9(4)15)11(7(6)2)16-8(3)14;1-7(2)8(10)12-6-5-11-4-3-9/h6-7,10-12H,5H2,1-4H3;9H,1,3-6H2,2H3/t6-,7-,10-,11-,12-;/m0./s1. The number of aliphatic hydroxyl groups excluding tert-OH is 1. The van der Waals surface area contributed by atoms with Gasteiger partial charge in [0.25, 0.3) is 0 Å². The number of halogens is 1. The first-order valence-electron chi connectivity index (χ1n) is 9.50. The molecule has 168 valence electrons. The Kier molecular flexibility index (Phi) is 13.8. The fourth-order valence-corrected chi connectivity index (χ4v) is 3.71. The Hall–Kier alpha value is -1.45. The van der Waals surface area contributed by atoms with Crippen LogP contribution in [0.3, 0.4) is 0 Å². The quantitative estimate of drug-likeness (QED) is 0.185. The van der Waals surface area contributed by atoms with Crippen molar-refractivity contribution in [3.63, 3.8) is 0 Å². The molecule has 0 spiro atoms. The summed E-state index contributed by atoms with van der Waals surface area (Å²) in [5.41, 5.74) is 0.372. The van der Waals surface area contributed by atoms with Crippen molar-refractivity contribution in [1.82, 2.24) is 0 Å². The van der Waals surface area contributed by atoms with E-state index in [4.69, 9.17) is 24.1 Å². The van der Waals surface area contributed by atoms with E-state index in [1.54, 1.807) is 6.92 Å². The minimum absolute atomic E-state index is 0.0194. The maximum atomic E-state index is 11.1. The second-order valence-corrected chi connectivity index (χ2v) is 8.16. The second kappa shape index (κ2) is 14.5. The zero-order valence-electron chi connectivity index (χ0n) is 17.8. The van der Waals surface area contributed by atoms with Crippen LogP contribution in [-0.2, 0) is 33.3 Å². The van der Waals surface area contributed by atoms with Gasteiger partial charge in [0.05, 0.1) is 24.6 Å². The van der Waals surface area contributed by atoms with Crippen molar-refractivity contribution in [2.75, 3.05) is 26.4 Å². The number of carbonyl (C=O) groups is 3. The zero-order chi connectivity index (χ0) is 22.6. The molecule has 8 nitrogen and oxygen atoms in total. The van der Waals surface area contributed by atoms with Crippen molar-refractivity contribution in [1.29, 1.82) is 0 Å². The Morgan fingerprint density at radius 3 is 2.03 bits per heavy atom. The molecule has 0 unspecified atom stereocenters. The van der Waals surface area contributed by atoms with E-state index in [0.29, 0.717) is 18.1 Å². The number of alkyl halides is 1. The van der Waals surface area contributed by atoms with Gasteiger partial charge in [-0.15, -0.1) is 0 Å². The smallest absolute Gasteiger partial charge is 0.333 e. The van der Waals surface area contributed by atoms with Crippen LogP contribution in [0.25, 0.3) is 0 Å². The second-order valence-electron chi connectivity index (χ2n) is 6.99. The monoisotopic (exact) mass is 480 g/mol. The van der Waals surface area contributed by atoms with E-state index in [1.807, 2.05) is 6.92 Å². The number of ether oxygens (including phenoxy) is 4. The molecule has 0 amide bonds. The number of aliphatic hydroxyl groups is 1. The third kappa shape index (κ3) is 11.3. The molecule has 0 aliphatic heterocycles. The third-order valence-corrected chi connectivity index (χ3v) is 5.24. The van der Waals surface area contributed by atoms with Crippen LogP contribution in [0.15, 0.2) is 12.2 Å². The Labute approximate surface area is 181 Å². The first kappa shape index (κ1) is 27.5. The van der Waals surface area contributed by atoms with E-state index >= 15 is 0 Å². The molecule has 1 rings (SSSR count). The molecule has 0 radical (unpaired) electrons. The Balaban J connectivity index is 0.000000578. The maximum Gasteiger partial charge on any atom is 0.333 e. The fraction of sp³-hybridized carbons (Fsp3) is 0.750. The summed E-state index contributed by atoms with van der Waals surface area (Å²) in [6, 6.07) is 0. The minimum atomic E-state index is -0.414.